The number of aromatic nitrogens is 4. The van der Waals surface area contributed by atoms with E-state index in [0.29, 0.717) is 40.5 Å². The van der Waals surface area contributed by atoms with Crippen LogP contribution in [0.4, 0.5) is 17.3 Å². The van der Waals surface area contributed by atoms with Crippen LogP contribution in [0, 0.1) is 0 Å². The van der Waals surface area contributed by atoms with E-state index >= 15 is 0 Å². The number of rotatable bonds is 9. The molecule has 0 spiro atoms. The summed E-state index contributed by atoms with van der Waals surface area (Å²) in [4.78, 5) is 25.4. The second-order valence-corrected chi connectivity index (χ2v) is 17.4. The Balaban J connectivity index is 1.84. The molecule has 0 aromatic carbocycles. The van der Waals surface area contributed by atoms with Gasteiger partial charge in [0.1, 0.15) is 24.0 Å². The van der Waals surface area contributed by atoms with E-state index in [0.717, 1.165) is 17.8 Å². The van der Waals surface area contributed by atoms with Crippen LogP contribution in [-0.4, -0.2) is 54.8 Å². The van der Waals surface area contributed by atoms with Gasteiger partial charge in [-0.05, 0) is 30.3 Å². The molecule has 0 unspecified atom stereocenters. The number of sulfone groups is 1. The zero-order chi connectivity index (χ0) is 26.1. The highest BCUT2D eigenvalue weighted by molar-refractivity contribution is 7.90. The SMILES string of the molecule is CC(=O)Nc1cc(Nc2cccc(S(C)(=O)=O)n2)c2c3ncccc3n(COCC[Si](C)(C)C)c2n1. The van der Waals surface area contributed by atoms with Crippen molar-refractivity contribution in [2.75, 3.05) is 23.5 Å². The summed E-state index contributed by atoms with van der Waals surface area (Å²) in [5.74, 6) is 0.405. The highest BCUT2D eigenvalue weighted by atomic mass is 32.2. The number of carbonyl (C=O) groups is 1. The molecule has 0 atom stereocenters. The monoisotopic (exact) mass is 526 g/mol. The van der Waals surface area contributed by atoms with Gasteiger partial charge >= 0.3 is 0 Å². The summed E-state index contributed by atoms with van der Waals surface area (Å²) in [5, 5.41) is 6.62. The molecule has 10 nitrogen and oxygen atoms in total. The third-order valence-corrected chi connectivity index (χ3v) is 8.15. The number of anilines is 3. The Morgan fingerprint density at radius 3 is 2.58 bits per heavy atom. The number of nitrogens with one attached hydrogen (secondary N) is 2. The molecule has 4 heterocycles. The van der Waals surface area contributed by atoms with E-state index in [1.54, 1.807) is 24.4 Å². The van der Waals surface area contributed by atoms with Crippen LogP contribution in [0.3, 0.4) is 0 Å². The molecule has 4 aromatic rings. The number of pyridine rings is 3. The van der Waals surface area contributed by atoms with Gasteiger partial charge in [0.15, 0.2) is 14.9 Å². The molecular formula is C24H30N6O4SSi. The predicted molar refractivity (Wildman–Crippen MR) is 144 cm³/mol. The molecule has 0 saturated heterocycles. The number of carbonyl (C=O) groups excluding carboxylic acids is 1. The van der Waals surface area contributed by atoms with E-state index in [1.165, 1.54) is 13.0 Å². The zero-order valence-electron chi connectivity index (χ0n) is 21.0. The summed E-state index contributed by atoms with van der Waals surface area (Å²) in [7, 11) is -4.74. The molecule has 4 rings (SSSR count). The molecule has 1 amide bonds. The van der Waals surface area contributed by atoms with Gasteiger partial charge in [-0.2, -0.15) is 0 Å². The van der Waals surface area contributed by atoms with Crippen molar-refractivity contribution in [2.45, 2.75) is 44.4 Å². The van der Waals surface area contributed by atoms with E-state index < -0.39 is 17.9 Å². The summed E-state index contributed by atoms with van der Waals surface area (Å²) in [5.41, 5.74) is 2.68. The van der Waals surface area contributed by atoms with Crippen molar-refractivity contribution in [2.24, 2.45) is 0 Å². The molecule has 0 aliphatic rings. The number of ether oxygens (including phenoxy) is 1. The lowest BCUT2D eigenvalue weighted by atomic mass is 10.2. The number of amides is 1. The van der Waals surface area contributed by atoms with Crippen LogP contribution in [0.25, 0.3) is 22.1 Å². The molecule has 4 aromatic heterocycles. The van der Waals surface area contributed by atoms with Crippen molar-refractivity contribution in [1.82, 2.24) is 19.5 Å². The number of hydrogen-bond donors (Lipinski definition) is 2. The first kappa shape index (κ1) is 25.7. The third-order valence-electron chi connectivity index (χ3n) is 5.46. The molecule has 2 N–H and O–H groups in total. The highest BCUT2D eigenvalue weighted by Gasteiger charge is 2.20. The van der Waals surface area contributed by atoms with Gasteiger partial charge in [0.2, 0.25) is 5.91 Å². The maximum atomic E-state index is 12.0. The lowest BCUT2D eigenvalue weighted by Crippen LogP contribution is -2.22. The van der Waals surface area contributed by atoms with Gasteiger partial charge in [-0.1, -0.05) is 25.7 Å². The number of nitrogens with zero attached hydrogens (tertiary/aromatic N) is 4. The van der Waals surface area contributed by atoms with Crippen molar-refractivity contribution in [3.05, 3.63) is 42.6 Å². The first-order valence-corrected chi connectivity index (χ1v) is 17.1. The van der Waals surface area contributed by atoms with Gasteiger partial charge in [0, 0.05) is 40.1 Å². The molecule has 0 bridgehead atoms. The van der Waals surface area contributed by atoms with Crippen molar-refractivity contribution in [3.8, 4) is 0 Å². The van der Waals surface area contributed by atoms with Gasteiger partial charge in [0.05, 0.1) is 22.1 Å². The quantitative estimate of drug-likeness (QED) is 0.243. The van der Waals surface area contributed by atoms with Crippen LogP contribution in [0.15, 0.2) is 47.6 Å². The Labute approximate surface area is 211 Å². The minimum Gasteiger partial charge on any atom is -0.361 e. The maximum Gasteiger partial charge on any atom is 0.222 e. The minimum absolute atomic E-state index is 0.0452. The lowest BCUT2D eigenvalue weighted by molar-refractivity contribution is -0.114. The van der Waals surface area contributed by atoms with Crippen molar-refractivity contribution >= 4 is 63.2 Å². The first-order valence-electron chi connectivity index (χ1n) is 11.5. The summed E-state index contributed by atoms with van der Waals surface area (Å²) < 4.78 is 32.0. The molecule has 0 radical (unpaired) electrons. The van der Waals surface area contributed by atoms with Gasteiger partial charge in [-0.3, -0.25) is 14.3 Å². The average Bonchev–Trinajstić information content (AvgIpc) is 3.09. The molecular weight excluding hydrogens is 496 g/mol. The van der Waals surface area contributed by atoms with Crippen LogP contribution in [-0.2, 0) is 26.1 Å². The van der Waals surface area contributed by atoms with Gasteiger partial charge < -0.3 is 15.4 Å². The molecule has 0 saturated carbocycles. The molecule has 0 fully saturated rings. The second-order valence-electron chi connectivity index (χ2n) is 9.84. The van der Waals surface area contributed by atoms with Crippen molar-refractivity contribution in [3.63, 3.8) is 0 Å². The topological polar surface area (TPSA) is 128 Å². The fraction of sp³-hybridized carbons (Fsp3) is 0.333. The van der Waals surface area contributed by atoms with Crippen LogP contribution in [0.5, 0.6) is 0 Å². The first-order chi connectivity index (χ1) is 16.9. The molecule has 0 aliphatic heterocycles. The second kappa shape index (κ2) is 9.95. The van der Waals surface area contributed by atoms with Crippen LogP contribution >= 0.6 is 0 Å². The van der Waals surface area contributed by atoms with E-state index in [1.807, 2.05) is 16.7 Å². The van der Waals surface area contributed by atoms with Gasteiger partial charge in [-0.15, -0.1) is 0 Å². The Bertz CT molecular complexity index is 1550. The summed E-state index contributed by atoms with van der Waals surface area (Å²) in [6, 6.07) is 11.2. The summed E-state index contributed by atoms with van der Waals surface area (Å²) in [6.45, 7) is 9.21. The summed E-state index contributed by atoms with van der Waals surface area (Å²) in [6.07, 6.45) is 2.81. The molecule has 0 aliphatic carbocycles. The smallest absolute Gasteiger partial charge is 0.222 e. The van der Waals surface area contributed by atoms with Crippen LogP contribution in [0.1, 0.15) is 6.92 Å². The van der Waals surface area contributed by atoms with Crippen molar-refractivity contribution < 1.29 is 17.9 Å². The zero-order valence-corrected chi connectivity index (χ0v) is 22.8. The highest BCUT2D eigenvalue weighted by Crippen LogP contribution is 2.35. The molecule has 12 heteroatoms. The molecule has 190 valence electrons. The van der Waals surface area contributed by atoms with Crippen LogP contribution in [0.2, 0.25) is 25.7 Å². The van der Waals surface area contributed by atoms with E-state index in [2.05, 4.69) is 40.2 Å². The van der Waals surface area contributed by atoms with Crippen LogP contribution < -0.4 is 10.6 Å². The third kappa shape index (κ3) is 5.89. The largest absolute Gasteiger partial charge is 0.361 e. The fourth-order valence-corrected chi connectivity index (χ4v) is 5.07. The van der Waals surface area contributed by atoms with Crippen molar-refractivity contribution in [1.29, 1.82) is 0 Å². The minimum atomic E-state index is -3.49. The van der Waals surface area contributed by atoms with Gasteiger partial charge in [-0.25, -0.2) is 18.4 Å². The standard InChI is InChI=1S/C24H30N6O4SSi/c1-16(31)26-20-14-17(27-19-9-6-10-21(28-19)35(2,32)33)22-23-18(8-7-11-25-23)30(24(22)29-20)15-34-12-13-36(3,4)5/h6-11,14H,12-13,15H2,1-5H3,(H2,26,27,28,29,31). The van der Waals surface area contributed by atoms with E-state index in [4.69, 9.17) is 9.72 Å². The fourth-order valence-electron chi connectivity index (χ4n) is 3.72. The van der Waals surface area contributed by atoms with Gasteiger partial charge in [0.25, 0.3) is 0 Å². The lowest BCUT2D eigenvalue weighted by Gasteiger charge is -2.16. The predicted octanol–water partition coefficient (Wildman–Crippen LogP) is 4.40. The Hall–Kier alpha value is -3.35. The van der Waals surface area contributed by atoms with E-state index in [9.17, 15) is 13.2 Å². The Morgan fingerprint density at radius 1 is 1.11 bits per heavy atom. The number of hydrogen-bond acceptors (Lipinski definition) is 8. The Kier molecular flexibility index (Phi) is 7.11. The summed E-state index contributed by atoms with van der Waals surface area (Å²) >= 11 is 0. The average molecular weight is 527 g/mol. The number of fused-ring (bicyclic) bond motifs is 3. The normalized spacial score (nSPS) is 12.2. The Morgan fingerprint density at radius 2 is 1.89 bits per heavy atom. The van der Waals surface area contributed by atoms with E-state index in [-0.39, 0.29) is 17.7 Å². The molecule has 36 heavy (non-hydrogen) atoms. The maximum absolute atomic E-state index is 12.0.